The van der Waals surface area contributed by atoms with Gasteiger partial charge in [0.05, 0.1) is 5.69 Å². The van der Waals surface area contributed by atoms with Gasteiger partial charge >= 0.3 is 0 Å². The quantitative estimate of drug-likeness (QED) is 0.781. The molecule has 0 aliphatic carbocycles. The Morgan fingerprint density at radius 1 is 1.25 bits per heavy atom. The van der Waals surface area contributed by atoms with Gasteiger partial charge < -0.3 is 11.1 Å². The summed E-state index contributed by atoms with van der Waals surface area (Å²) in [6.45, 7) is 5.53. The molecule has 0 unspecified atom stereocenters. The van der Waals surface area contributed by atoms with E-state index in [0.29, 0.717) is 29.8 Å². The lowest BCUT2D eigenvalue weighted by Gasteiger charge is -2.12. The molecule has 1 aromatic heterocycles. The number of carbonyl (C=O) groups is 2. The van der Waals surface area contributed by atoms with E-state index in [1.165, 1.54) is 0 Å². The molecule has 24 heavy (non-hydrogen) atoms. The van der Waals surface area contributed by atoms with Crippen molar-refractivity contribution >= 4 is 34.8 Å². The number of benzene rings is 1. The fraction of sp³-hybridized carbons (Fsp3) is 0.294. The standard InChI is InChI=1S/C17H19ClN4O2/c1-4-12-15(18)22-17(14(21-12)16(19)24)20-10-7-6-9(3)11(8-10)13(23)5-2/h6-8H,4-5H2,1-3H3,(H2,19,24)(H,20,22). The first-order valence-corrected chi connectivity index (χ1v) is 8.02. The number of Topliss-reactive ketones (excluding diaryl/α,β-unsaturated/α-hetero) is 1. The molecule has 0 bridgehead atoms. The number of hydrogen-bond donors (Lipinski definition) is 2. The molecular weight excluding hydrogens is 328 g/mol. The summed E-state index contributed by atoms with van der Waals surface area (Å²) in [4.78, 5) is 32.0. The molecule has 0 fully saturated rings. The lowest BCUT2D eigenvalue weighted by Crippen LogP contribution is -2.18. The van der Waals surface area contributed by atoms with Crippen molar-refractivity contribution in [1.29, 1.82) is 0 Å². The van der Waals surface area contributed by atoms with E-state index in [-0.39, 0.29) is 22.4 Å². The summed E-state index contributed by atoms with van der Waals surface area (Å²) in [5.41, 5.74) is 8.01. The highest BCUT2D eigenvalue weighted by molar-refractivity contribution is 6.30. The number of rotatable bonds is 6. The maximum atomic E-state index is 12.0. The van der Waals surface area contributed by atoms with Crippen molar-refractivity contribution in [2.45, 2.75) is 33.6 Å². The Morgan fingerprint density at radius 2 is 1.96 bits per heavy atom. The van der Waals surface area contributed by atoms with Gasteiger partial charge in [0, 0.05) is 17.7 Å². The zero-order chi connectivity index (χ0) is 17.9. The minimum Gasteiger partial charge on any atom is -0.364 e. The summed E-state index contributed by atoms with van der Waals surface area (Å²) >= 11 is 6.08. The Kier molecular flexibility index (Phi) is 5.51. The molecule has 0 radical (unpaired) electrons. The van der Waals surface area contributed by atoms with Gasteiger partial charge in [-0.15, -0.1) is 0 Å². The Labute approximate surface area is 145 Å². The van der Waals surface area contributed by atoms with Gasteiger partial charge in [-0.1, -0.05) is 31.5 Å². The number of aromatic nitrogens is 2. The molecule has 3 N–H and O–H groups in total. The zero-order valence-corrected chi connectivity index (χ0v) is 14.6. The Bertz CT molecular complexity index is 805. The third-order valence-corrected chi connectivity index (χ3v) is 3.91. The molecular formula is C17H19ClN4O2. The second-order valence-corrected chi connectivity index (χ2v) is 5.67. The topological polar surface area (TPSA) is 98.0 Å². The first-order chi connectivity index (χ1) is 11.4. The highest BCUT2D eigenvalue weighted by Gasteiger charge is 2.17. The number of halogens is 1. The van der Waals surface area contributed by atoms with Crippen LogP contribution in [0.3, 0.4) is 0 Å². The van der Waals surface area contributed by atoms with Crippen LogP contribution in [0.5, 0.6) is 0 Å². The van der Waals surface area contributed by atoms with Crippen LogP contribution in [0.2, 0.25) is 5.15 Å². The van der Waals surface area contributed by atoms with Crippen molar-refractivity contribution < 1.29 is 9.59 Å². The number of anilines is 2. The molecule has 2 rings (SSSR count). The minimum atomic E-state index is -0.701. The third kappa shape index (κ3) is 3.71. The average Bonchev–Trinajstić information content (AvgIpc) is 2.55. The van der Waals surface area contributed by atoms with Crippen LogP contribution in [0.1, 0.15) is 52.4 Å². The van der Waals surface area contributed by atoms with Crippen LogP contribution >= 0.6 is 11.6 Å². The first kappa shape index (κ1) is 17.9. The van der Waals surface area contributed by atoms with Crippen molar-refractivity contribution in [2.24, 2.45) is 5.73 Å². The number of hydrogen-bond acceptors (Lipinski definition) is 5. The largest absolute Gasteiger partial charge is 0.364 e. The molecule has 0 saturated heterocycles. The van der Waals surface area contributed by atoms with Crippen molar-refractivity contribution in [3.8, 4) is 0 Å². The minimum absolute atomic E-state index is 0.0141. The van der Waals surface area contributed by atoms with E-state index in [4.69, 9.17) is 17.3 Å². The van der Waals surface area contributed by atoms with Gasteiger partial charge in [-0.25, -0.2) is 9.97 Å². The molecule has 7 heteroatoms. The fourth-order valence-electron chi connectivity index (χ4n) is 2.26. The SMILES string of the molecule is CCC(=O)c1cc(Nc2nc(Cl)c(CC)nc2C(N)=O)ccc1C. The second kappa shape index (κ2) is 7.40. The molecule has 1 heterocycles. The number of amides is 1. The maximum Gasteiger partial charge on any atom is 0.271 e. The molecule has 0 atom stereocenters. The van der Waals surface area contributed by atoms with E-state index < -0.39 is 5.91 Å². The van der Waals surface area contributed by atoms with Crippen molar-refractivity contribution in [1.82, 2.24) is 9.97 Å². The number of nitrogens with zero attached hydrogens (tertiary/aromatic N) is 2. The van der Waals surface area contributed by atoms with Crippen molar-refractivity contribution in [3.05, 3.63) is 45.9 Å². The van der Waals surface area contributed by atoms with Gasteiger partial charge in [-0.3, -0.25) is 9.59 Å². The predicted octanol–water partition coefficient (Wildman–Crippen LogP) is 3.44. The number of ketones is 1. The number of nitrogens with one attached hydrogen (secondary N) is 1. The van der Waals surface area contributed by atoms with E-state index in [0.717, 1.165) is 5.56 Å². The number of primary amides is 1. The van der Waals surface area contributed by atoms with E-state index in [9.17, 15) is 9.59 Å². The number of nitrogens with two attached hydrogens (primary N) is 1. The lowest BCUT2D eigenvalue weighted by molar-refractivity contribution is 0.0982. The summed E-state index contributed by atoms with van der Waals surface area (Å²) in [7, 11) is 0. The van der Waals surface area contributed by atoms with E-state index in [1.807, 2.05) is 26.8 Å². The normalized spacial score (nSPS) is 10.5. The summed E-state index contributed by atoms with van der Waals surface area (Å²) in [6, 6.07) is 5.33. The van der Waals surface area contributed by atoms with Crippen molar-refractivity contribution in [2.75, 3.05) is 5.32 Å². The summed E-state index contributed by atoms with van der Waals surface area (Å²) in [6.07, 6.45) is 0.944. The van der Waals surface area contributed by atoms with Crippen LogP contribution in [0, 0.1) is 6.92 Å². The van der Waals surface area contributed by atoms with Crippen LogP contribution in [0.4, 0.5) is 11.5 Å². The Morgan fingerprint density at radius 3 is 2.54 bits per heavy atom. The molecule has 1 amide bonds. The highest BCUT2D eigenvalue weighted by Crippen LogP contribution is 2.24. The molecule has 0 aliphatic heterocycles. The smallest absolute Gasteiger partial charge is 0.271 e. The van der Waals surface area contributed by atoms with E-state index in [1.54, 1.807) is 12.1 Å². The van der Waals surface area contributed by atoms with Crippen LogP contribution in [-0.4, -0.2) is 21.7 Å². The van der Waals surface area contributed by atoms with Crippen LogP contribution in [0.15, 0.2) is 18.2 Å². The van der Waals surface area contributed by atoms with Crippen LogP contribution in [0.25, 0.3) is 0 Å². The molecule has 6 nitrogen and oxygen atoms in total. The lowest BCUT2D eigenvalue weighted by atomic mass is 10.0. The predicted molar refractivity (Wildman–Crippen MR) is 94.0 cm³/mol. The molecule has 1 aromatic carbocycles. The summed E-state index contributed by atoms with van der Waals surface area (Å²) in [5, 5.41) is 3.19. The van der Waals surface area contributed by atoms with Gasteiger partial charge in [-0.05, 0) is 31.0 Å². The van der Waals surface area contributed by atoms with E-state index in [2.05, 4.69) is 15.3 Å². The number of aryl methyl sites for hydroxylation is 2. The third-order valence-electron chi connectivity index (χ3n) is 3.61. The van der Waals surface area contributed by atoms with Crippen molar-refractivity contribution in [3.63, 3.8) is 0 Å². The van der Waals surface area contributed by atoms with E-state index >= 15 is 0 Å². The molecule has 2 aromatic rings. The average molecular weight is 347 g/mol. The van der Waals surface area contributed by atoms with Crippen LogP contribution in [-0.2, 0) is 6.42 Å². The maximum absolute atomic E-state index is 12.0. The van der Waals surface area contributed by atoms with Gasteiger partial charge in [0.25, 0.3) is 5.91 Å². The summed E-state index contributed by atoms with van der Waals surface area (Å²) < 4.78 is 0. The molecule has 0 saturated carbocycles. The zero-order valence-electron chi connectivity index (χ0n) is 13.8. The Hall–Kier alpha value is -2.47. The number of carbonyl (C=O) groups excluding carboxylic acids is 2. The summed E-state index contributed by atoms with van der Waals surface area (Å²) in [5.74, 6) is -0.492. The highest BCUT2D eigenvalue weighted by atomic mass is 35.5. The second-order valence-electron chi connectivity index (χ2n) is 5.31. The van der Waals surface area contributed by atoms with Crippen LogP contribution < -0.4 is 11.1 Å². The monoisotopic (exact) mass is 346 g/mol. The molecule has 0 spiro atoms. The van der Waals surface area contributed by atoms with Gasteiger partial charge in [0.15, 0.2) is 22.4 Å². The van der Waals surface area contributed by atoms with Gasteiger partial charge in [0.2, 0.25) is 0 Å². The fourth-order valence-corrected chi connectivity index (χ4v) is 2.52. The molecule has 126 valence electrons. The Balaban J connectivity index is 2.46. The molecule has 0 aliphatic rings. The first-order valence-electron chi connectivity index (χ1n) is 7.64. The van der Waals surface area contributed by atoms with Gasteiger partial charge in [-0.2, -0.15) is 0 Å². The van der Waals surface area contributed by atoms with Gasteiger partial charge in [0.1, 0.15) is 0 Å².